The predicted molar refractivity (Wildman–Crippen MR) is 105 cm³/mol. The molecule has 1 saturated heterocycles. The quantitative estimate of drug-likeness (QED) is 0.850. The van der Waals surface area contributed by atoms with Crippen LogP contribution in [0.5, 0.6) is 0 Å². The molecule has 0 bridgehead atoms. The molecule has 2 aliphatic rings. The number of amides is 1. The van der Waals surface area contributed by atoms with Gasteiger partial charge in [-0.05, 0) is 50.8 Å². The van der Waals surface area contributed by atoms with Crippen molar-refractivity contribution in [2.75, 3.05) is 19.6 Å². The Morgan fingerprint density at radius 3 is 2.89 bits per heavy atom. The zero-order valence-corrected chi connectivity index (χ0v) is 16.4. The van der Waals surface area contributed by atoms with Gasteiger partial charge in [0.2, 0.25) is 0 Å². The van der Waals surface area contributed by atoms with Gasteiger partial charge in [0, 0.05) is 30.4 Å². The summed E-state index contributed by atoms with van der Waals surface area (Å²) in [6.45, 7) is 4.60. The first-order valence-corrected chi connectivity index (χ1v) is 9.58. The minimum absolute atomic E-state index is 0. The van der Waals surface area contributed by atoms with Crippen molar-refractivity contribution >= 4 is 18.3 Å². The zero-order chi connectivity index (χ0) is 18.1. The number of hydrogen-bond donors (Lipinski definition) is 1. The highest BCUT2D eigenvalue weighted by atomic mass is 35.5. The summed E-state index contributed by atoms with van der Waals surface area (Å²) < 4.78 is 16.0. The van der Waals surface area contributed by atoms with Gasteiger partial charge in [0.15, 0.2) is 5.69 Å². The average molecular weight is 393 g/mol. The molecule has 0 radical (unpaired) electrons. The lowest BCUT2D eigenvalue weighted by molar-refractivity contribution is 0.0684. The second-order valence-corrected chi connectivity index (χ2v) is 7.14. The lowest BCUT2D eigenvalue weighted by Gasteiger charge is -2.27. The maximum absolute atomic E-state index is 14.3. The first kappa shape index (κ1) is 19.8. The number of para-hydroxylation sites is 1. The fraction of sp³-hybridized carbons (Fsp3) is 0.500. The van der Waals surface area contributed by atoms with E-state index in [0.717, 1.165) is 63.0 Å². The Balaban J connectivity index is 0.00000210. The van der Waals surface area contributed by atoms with E-state index in [2.05, 4.69) is 17.3 Å². The van der Waals surface area contributed by atoms with E-state index in [9.17, 15) is 9.18 Å². The molecule has 1 unspecified atom stereocenters. The molecule has 2 aromatic rings. The number of hydrogen-bond acceptors (Lipinski definition) is 3. The van der Waals surface area contributed by atoms with E-state index < -0.39 is 0 Å². The summed E-state index contributed by atoms with van der Waals surface area (Å²) in [7, 11) is 0. The van der Waals surface area contributed by atoms with Crippen molar-refractivity contribution in [2.45, 2.75) is 45.1 Å². The summed E-state index contributed by atoms with van der Waals surface area (Å²) >= 11 is 0. The number of rotatable bonds is 5. The number of aromatic nitrogens is 2. The summed E-state index contributed by atoms with van der Waals surface area (Å²) in [5, 5.41) is 7.94. The highest BCUT2D eigenvalue weighted by molar-refractivity contribution is 5.94. The molecule has 2 heterocycles. The largest absolute Gasteiger partial charge is 0.333 e. The minimum atomic E-state index is -0.311. The molecule has 27 heavy (non-hydrogen) atoms. The van der Waals surface area contributed by atoms with Crippen molar-refractivity contribution in [2.24, 2.45) is 0 Å². The van der Waals surface area contributed by atoms with Crippen molar-refractivity contribution in [3.05, 3.63) is 47.0 Å². The van der Waals surface area contributed by atoms with Crippen LogP contribution in [-0.2, 0) is 12.8 Å². The van der Waals surface area contributed by atoms with Gasteiger partial charge in [-0.3, -0.25) is 4.79 Å². The van der Waals surface area contributed by atoms with Crippen molar-refractivity contribution in [3.8, 4) is 5.69 Å². The topological polar surface area (TPSA) is 50.2 Å². The van der Waals surface area contributed by atoms with E-state index >= 15 is 0 Å². The van der Waals surface area contributed by atoms with Gasteiger partial charge in [-0.2, -0.15) is 5.10 Å². The third kappa shape index (κ3) is 3.60. The number of carbonyl (C=O) groups excluding carboxylic acids is 1. The van der Waals surface area contributed by atoms with Gasteiger partial charge in [-0.1, -0.05) is 19.1 Å². The normalized spacial score (nSPS) is 18.2. The summed E-state index contributed by atoms with van der Waals surface area (Å²) in [5.41, 5.74) is 2.93. The fourth-order valence-electron chi connectivity index (χ4n) is 4.16. The van der Waals surface area contributed by atoms with Crippen LogP contribution in [0.15, 0.2) is 24.3 Å². The molecule has 146 valence electrons. The van der Waals surface area contributed by atoms with Crippen LogP contribution in [-0.4, -0.2) is 46.3 Å². The third-order valence-corrected chi connectivity index (χ3v) is 5.41. The van der Waals surface area contributed by atoms with Gasteiger partial charge >= 0.3 is 0 Å². The Kier molecular flexibility index (Phi) is 6.17. The Morgan fingerprint density at radius 1 is 1.37 bits per heavy atom. The van der Waals surface area contributed by atoms with Crippen LogP contribution < -0.4 is 5.32 Å². The average Bonchev–Trinajstić information content (AvgIpc) is 3.37. The molecule has 1 aromatic carbocycles. The van der Waals surface area contributed by atoms with Crippen LogP contribution in [0, 0.1) is 5.82 Å². The Labute approximate surface area is 165 Å². The number of nitrogens with one attached hydrogen (secondary N) is 1. The maximum Gasteiger partial charge on any atom is 0.274 e. The maximum atomic E-state index is 14.3. The van der Waals surface area contributed by atoms with Gasteiger partial charge in [0.05, 0.1) is 0 Å². The predicted octanol–water partition coefficient (Wildman–Crippen LogP) is 3.14. The van der Waals surface area contributed by atoms with Crippen LogP contribution in [0.1, 0.15) is 47.9 Å². The van der Waals surface area contributed by atoms with Crippen LogP contribution in [0.4, 0.5) is 4.39 Å². The summed E-state index contributed by atoms with van der Waals surface area (Å²) in [4.78, 5) is 15.3. The number of nitrogens with zero attached hydrogens (tertiary/aromatic N) is 3. The molecule has 4 rings (SSSR count). The summed E-state index contributed by atoms with van der Waals surface area (Å²) in [6, 6.07) is 6.85. The van der Waals surface area contributed by atoms with E-state index in [1.807, 2.05) is 4.90 Å². The van der Waals surface area contributed by atoms with Gasteiger partial charge in [0.1, 0.15) is 11.5 Å². The van der Waals surface area contributed by atoms with Crippen molar-refractivity contribution < 1.29 is 9.18 Å². The molecule has 1 atom stereocenters. The van der Waals surface area contributed by atoms with Crippen molar-refractivity contribution in [1.82, 2.24) is 20.0 Å². The Bertz CT molecular complexity index is 816. The number of carbonyl (C=O) groups is 1. The smallest absolute Gasteiger partial charge is 0.274 e. The summed E-state index contributed by atoms with van der Waals surface area (Å²) in [6.07, 6.45) is 4.55. The molecule has 1 fully saturated rings. The van der Waals surface area contributed by atoms with Crippen LogP contribution >= 0.6 is 12.4 Å². The second-order valence-electron chi connectivity index (χ2n) is 7.14. The molecule has 1 N–H and O–H groups in total. The molecule has 1 aromatic heterocycles. The molecular weight excluding hydrogens is 367 g/mol. The highest BCUT2D eigenvalue weighted by Gasteiger charge is 2.33. The molecular formula is C20H26ClFN4O. The van der Waals surface area contributed by atoms with E-state index in [1.165, 1.54) is 6.07 Å². The monoisotopic (exact) mass is 392 g/mol. The Hall–Kier alpha value is -1.92. The molecule has 0 saturated carbocycles. The minimum Gasteiger partial charge on any atom is -0.333 e. The number of halogens is 2. The van der Waals surface area contributed by atoms with Gasteiger partial charge in [-0.15, -0.1) is 12.4 Å². The van der Waals surface area contributed by atoms with Gasteiger partial charge in [0.25, 0.3) is 5.91 Å². The van der Waals surface area contributed by atoms with Crippen LogP contribution in [0.3, 0.4) is 0 Å². The Morgan fingerprint density at radius 2 is 2.19 bits per heavy atom. The zero-order valence-electron chi connectivity index (χ0n) is 15.6. The third-order valence-electron chi connectivity index (χ3n) is 5.41. The summed E-state index contributed by atoms with van der Waals surface area (Å²) in [5.74, 6) is -0.317. The first-order valence-electron chi connectivity index (χ1n) is 9.58. The SMILES string of the molecule is CCCN(C(=O)c1nn(-c2ccccc2F)c2c1CCC2)C1CCNC1.Cl. The lowest BCUT2D eigenvalue weighted by Crippen LogP contribution is -2.42. The molecule has 1 aliphatic heterocycles. The molecule has 1 amide bonds. The molecule has 1 aliphatic carbocycles. The van der Waals surface area contributed by atoms with Crippen molar-refractivity contribution in [3.63, 3.8) is 0 Å². The highest BCUT2D eigenvalue weighted by Crippen LogP contribution is 2.30. The number of fused-ring (bicyclic) bond motifs is 1. The van der Waals surface area contributed by atoms with E-state index in [0.29, 0.717) is 11.4 Å². The second kappa shape index (κ2) is 8.40. The van der Waals surface area contributed by atoms with E-state index in [4.69, 9.17) is 0 Å². The van der Waals surface area contributed by atoms with Crippen LogP contribution in [0.2, 0.25) is 0 Å². The van der Waals surface area contributed by atoms with Gasteiger partial charge < -0.3 is 10.2 Å². The van der Waals surface area contributed by atoms with Crippen LogP contribution in [0.25, 0.3) is 5.69 Å². The first-order chi connectivity index (χ1) is 12.7. The lowest BCUT2D eigenvalue weighted by atomic mass is 10.1. The number of benzene rings is 1. The standard InChI is InChI=1S/C20H25FN4O.ClH/c1-2-12-24(14-10-11-22-13-14)20(26)19-15-6-5-9-17(15)25(23-19)18-8-4-3-7-16(18)21;/h3-4,7-8,14,22H,2,5-6,9-13H2,1H3;1H. The molecule has 7 heteroatoms. The van der Waals surface area contributed by atoms with Crippen molar-refractivity contribution in [1.29, 1.82) is 0 Å². The molecule has 0 spiro atoms. The fourth-order valence-corrected chi connectivity index (χ4v) is 4.16. The van der Waals surface area contributed by atoms with E-state index in [1.54, 1.807) is 22.9 Å². The van der Waals surface area contributed by atoms with E-state index in [-0.39, 0.29) is 30.2 Å². The van der Waals surface area contributed by atoms with Gasteiger partial charge in [-0.25, -0.2) is 9.07 Å². The molecule has 5 nitrogen and oxygen atoms in total.